The number of nitrogens with one attached hydrogen (secondary N) is 1. The number of aromatic nitrogens is 2. The molecule has 0 saturated heterocycles. The zero-order valence-electron chi connectivity index (χ0n) is 11.0. The maximum Gasteiger partial charge on any atom is 0.111 e. The Hall–Kier alpha value is -0.840. The lowest BCUT2D eigenvalue weighted by Crippen LogP contribution is -2.19. The summed E-state index contributed by atoms with van der Waals surface area (Å²) in [6.07, 6.45) is 1.81. The van der Waals surface area contributed by atoms with Gasteiger partial charge in [0.2, 0.25) is 0 Å². The summed E-state index contributed by atoms with van der Waals surface area (Å²) in [4.78, 5) is 7.77. The number of hydrogen-bond acceptors (Lipinski definition) is 2. The fourth-order valence-corrected chi connectivity index (χ4v) is 2.84. The minimum absolute atomic E-state index is 0.239. The molecule has 0 aliphatic rings. The minimum atomic E-state index is 0.239. The summed E-state index contributed by atoms with van der Waals surface area (Å²) < 4.78 is 0.961. The van der Waals surface area contributed by atoms with Crippen molar-refractivity contribution in [2.45, 2.75) is 19.8 Å². The molecular formula is C14H17BrClN3. The quantitative estimate of drug-likeness (QED) is 0.875. The van der Waals surface area contributed by atoms with E-state index in [0.29, 0.717) is 17.5 Å². The summed E-state index contributed by atoms with van der Waals surface area (Å²) in [6, 6.07) is 5.81. The molecule has 3 nitrogen and oxygen atoms in total. The fourth-order valence-electron chi connectivity index (χ4n) is 2.07. The molecule has 0 fully saturated rings. The molecule has 0 aliphatic heterocycles. The normalized spacial score (nSPS) is 12.9. The van der Waals surface area contributed by atoms with Gasteiger partial charge in [0.15, 0.2) is 0 Å². The third-order valence-electron chi connectivity index (χ3n) is 3.23. The van der Waals surface area contributed by atoms with Crippen molar-refractivity contribution < 1.29 is 0 Å². The van der Waals surface area contributed by atoms with Gasteiger partial charge in [-0.3, -0.25) is 0 Å². The second kappa shape index (κ2) is 6.07. The first-order chi connectivity index (χ1) is 9.02. The smallest absolute Gasteiger partial charge is 0.111 e. The number of nitrogens with zero attached hydrogens (tertiary/aromatic N) is 1. The van der Waals surface area contributed by atoms with Gasteiger partial charge in [0.1, 0.15) is 5.82 Å². The molecule has 102 valence electrons. The van der Waals surface area contributed by atoms with E-state index in [2.05, 4.69) is 39.7 Å². The monoisotopic (exact) mass is 341 g/mol. The van der Waals surface area contributed by atoms with Crippen molar-refractivity contribution in [3.8, 4) is 11.3 Å². The van der Waals surface area contributed by atoms with Gasteiger partial charge in [-0.15, -0.1) is 0 Å². The van der Waals surface area contributed by atoms with Gasteiger partial charge in [0, 0.05) is 22.5 Å². The van der Waals surface area contributed by atoms with Gasteiger partial charge in [-0.1, -0.05) is 47.4 Å². The summed E-state index contributed by atoms with van der Waals surface area (Å²) in [7, 11) is 0. The van der Waals surface area contributed by atoms with Crippen LogP contribution >= 0.6 is 27.5 Å². The average Bonchev–Trinajstić information content (AvgIpc) is 2.78. The van der Waals surface area contributed by atoms with E-state index in [-0.39, 0.29) is 5.92 Å². The predicted octanol–water partition coefficient (Wildman–Crippen LogP) is 4.19. The molecule has 0 radical (unpaired) electrons. The molecule has 5 heteroatoms. The summed E-state index contributed by atoms with van der Waals surface area (Å²) in [6.45, 7) is 4.87. The van der Waals surface area contributed by atoms with Crippen LogP contribution in [0.4, 0.5) is 0 Å². The first-order valence-electron chi connectivity index (χ1n) is 6.23. The Labute approximate surface area is 126 Å². The standard InChI is InChI=1S/C14H17BrClN3/c1-8(2)11(6-17)14-18-7-13(19-14)10-4-3-9(15)5-12(10)16/h3-5,7-8,11H,6,17H2,1-2H3,(H,18,19). The third-order valence-corrected chi connectivity index (χ3v) is 4.03. The van der Waals surface area contributed by atoms with Crippen LogP contribution in [0.3, 0.4) is 0 Å². The second-order valence-electron chi connectivity index (χ2n) is 4.89. The van der Waals surface area contributed by atoms with Crippen LogP contribution < -0.4 is 5.73 Å². The maximum atomic E-state index is 6.25. The third kappa shape index (κ3) is 3.19. The van der Waals surface area contributed by atoms with Crippen molar-refractivity contribution in [2.75, 3.05) is 6.54 Å². The lowest BCUT2D eigenvalue weighted by molar-refractivity contribution is 0.487. The Morgan fingerprint density at radius 1 is 1.42 bits per heavy atom. The van der Waals surface area contributed by atoms with Crippen LogP contribution in [0.25, 0.3) is 11.3 Å². The van der Waals surface area contributed by atoms with Crippen LogP contribution in [0.2, 0.25) is 5.02 Å². The van der Waals surface area contributed by atoms with E-state index in [0.717, 1.165) is 21.6 Å². The van der Waals surface area contributed by atoms with Crippen molar-refractivity contribution in [3.63, 3.8) is 0 Å². The Balaban J connectivity index is 2.35. The highest BCUT2D eigenvalue weighted by atomic mass is 79.9. The largest absolute Gasteiger partial charge is 0.342 e. The van der Waals surface area contributed by atoms with Crippen LogP contribution in [-0.2, 0) is 0 Å². The van der Waals surface area contributed by atoms with Gasteiger partial charge in [0.25, 0.3) is 0 Å². The van der Waals surface area contributed by atoms with E-state index in [1.807, 2.05) is 24.4 Å². The van der Waals surface area contributed by atoms with E-state index in [1.165, 1.54) is 0 Å². The Kier molecular flexibility index (Phi) is 4.66. The van der Waals surface area contributed by atoms with E-state index in [4.69, 9.17) is 17.3 Å². The molecule has 0 saturated carbocycles. The Morgan fingerprint density at radius 2 is 2.16 bits per heavy atom. The van der Waals surface area contributed by atoms with E-state index < -0.39 is 0 Å². The predicted molar refractivity (Wildman–Crippen MR) is 83.4 cm³/mol. The van der Waals surface area contributed by atoms with E-state index in [1.54, 1.807) is 0 Å². The number of rotatable bonds is 4. The number of nitrogens with two attached hydrogens (primary N) is 1. The number of aromatic amines is 1. The molecule has 1 aromatic heterocycles. The summed E-state index contributed by atoms with van der Waals surface area (Å²) in [5.74, 6) is 1.61. The van der Waals surface area contributed by atoms with Crippen molar-refractivity contribution in [3.05, 3.63) is 39.7 Å². The number of benzene rings is 1. The maximum absolute atomic E-state index is 6.25. The minimum Gasteiger partial charge on any atom is -0.342 e. The zero-order valence-corrected chi connectivity index (χ0v) is 13.3. The van der Waals surface area contributed by atoms with Gasteiger partial charge >= 0.3 is 0 Å². The molecule has 1 heterocycles. The molecule has 0 amide bonds. The number of hydrogen-bond donors (Lipinski definition) is 2. The molecule has 0 bridgehead atoms. The number of H-pyrrole nitrogens is 1. The van der Waals surface area contributed by atoms with Crippen molar-refractivity contribution in [1.82, 2.24) is 9.97 Å². The van der Waals surface area contributed by atoms with E-state index in [9.17, 15) is 0 Å². The van der Waals surface area contributed by atoms with Gasteiger partial charge in [-0.05, 0) is 18.1 Å². The van der Waals surface area contributed by atoms with Gasteiger partial charge in [-0.2, -0.15) is 0 Å². The fraction of sp³-hybridized carbons (Fsp3) is 0.357. The lowest BCUT2D eigenvalue weighted by atomic mass is 9.95. The molecule has 0 aliphatic carbocycles. The van der Waals surface area contributed by atoms with Crippen LogP contribution in [0.5, 0.6) is 0 Å². The summed E-state index contributed by atoms with van der Waals surface area (Å²) >= 11 is 9.65. The highest BCUT2D eigenvalue weighted by Crippen LogP contribution is 2.30. The molecule has 3 N–H and O–H groups in total. The van der Waals surface area contributed by atoms with Gasteiger partial charge in [0.05, 0.1) is 16.9 Å². The lowest BCUT2D eigenvalue weighted by Gasteiger charge is -2.15. The molecular weight excluding hydrogens is 326 g/mol. The topological polar surface area (TPSA) is 54.7 Å². The summed E-state index contributed by atoms with van der Waals surface area (Å²) in [5.41, 5.74) is 7.68. The van der Waals surface area contributed by atoms with E-state index >= 15 is 0 Å². The first-order valence-corrected chi connectivity index (χ1v) is 7.40. The van der Waals surface area contributed by atoms with Crippen molar-refractivity contribution in [2.24, 2.45) is 11.7 Å². The highest BCUT2D eigenvalue weighted by molar-refractivity contribution is 9.10. The molecule has 0 spiro atoms. The average molecular weight is 343 g/mol. The first kappa shape index (κ1) is 14.6. The van der Waals surface area contributed by atoms with Crippen LogP contribution in [0.15, 0.2) is 28.9 Å². The molecule has 1 aromatic carbocycles. The van der Waals surface area contributed by atoms with Crippen LogP contribution in [-0.4, -0.2) is 16.5 Å². The van der Waals surface area contributed by atoms with Crippen molar-refractivity contribution in [1.29, 1.82) is 0 Å². The van der Waals surface area contributed by atoms with Crippen LogP contribution in [0.1, 0.15) is 25.6 Å². The van der Waals surface area contributed by atoms with Gasteiger partial charge < -0.3 is 10.7 Å². The Morgan fingerprint density at radius 3 is 2.74 bits per heavy atom. The van der Waals surface area contributed by atoms with Gasteiger partial charge in [-0.25, -0.2) is 4.98 Å². The second-order valence-corrected chi connectivity index (χ2v) is 6.22. The summed E-state index contributed by atoms with van der Waals surface area (Å²) in [5, 5.41) is 0.693. The molecule has 1 atom stereocenters. The highest BCUT2D eigenvalue weighted by Gasteiger charge is 2.18. The number of halogens is 2. The SMILES string of the molecule is CC(C)C(CN)c1ncc(-c2ccc(Br)cc2Cl)[nH]1. The molecule has 2 aromatic rings. The van der Waals surface area contributed by atoms with Crippen molar-refractivity contribution >= 4 is 27.5 Å². The van der Waals surface area contributed by atoms with Crippen LogP contribution in [0, 0.1) is 5.92 Å². The Bertz CT molecular complexity index is 566. The number of imidazole rings is 1. The molecule has 1 unspecified atom stereocenters. The molecule has 19 heavy (non-hydrogen) atoms. The molecule has 2 rings (SSSR count). The zero-order chi connectivity index (χ0) is 14.0.